The van der Waals surface area contributed by atoms with E-state index in [1.54, 1.807) is 70.5 Å². The summed E-state index contributed by atoms with van der Waals surface area (Å²) in [6, 6.07) is 27.0. The average molecular weight is 1330 g/mol. The third-order valence-electron chi connectivity index (χ3n) is 13.6. The second-order valence-corrected chi connectivity index (χ2v) is 22.2. The van der Waals surface area contributed by atoms with Gasteiger partial charge in [-0.25, -0.2) is 39.9 Å². The number of anilines is 2. The van der Waals surface area contributed by atoms with Crippen molar-refractivity contribution in [3.63, 3.8) is 0 Å². The van der Waals surface area contributed by atoms with Crippen LogP contribution in [0.25, 0.3) is 42.7 Å². The van der Waals surface area contributed by atoms with E-state index in [-0.39, 0.29) is 60.1 Å². The van der Waals surface area contributed by atoms with Crippen LogP contribution in [0.1, 0.15) is 62.1 Å². The smallest absolute Gasteiger partial charge is 0.341 e. The van der Waals surface area contributed by atoms with E-state index >= 15 is 0 Å². The van der Waals surface area contributed by atoms with Gasteiger partial charge in [0, 0.05) is 137 Å². The van der Waals surface area contributed by atoms with Crippen molar-refractivity contribution in [3.8, 4) is 0 Å². The van der Waals surface area contributed by atoms with Crippen LogP contribution >= 0.6 is 0 Å². The Hall–Kier alpha value is -10.7. The van der Waals surface area contributed by atoms with Crippen molar-refractivity contribution < 1.29 is 78.6 Å². The number of aromatic nitrogens is 2. The summed E-state index contributed by atoms with van der Waals surface area (Å²) in [5.74, 6) is -23.5. The zero-order valence-electron chi connectivity index (χ0n) is 46.0. The summed E-state index contributed by atoms with van der Waals surface area (Å²) in [4.78, 5) is 116. The molecule has 0 spiro atoms. The van der Waals surface area contributed by atoms with E-state index < -0.39 is 104 Å². The number of carbonyl (C=O) groups is 8. The first kappa shape index (κ1) is 67.8. The second kappa shape index (κ2) is 30.5. The number of carboxylic acid groups (broad SMARTS) is 1. The number of nitrogens with one attached hydrogen (secondary N) is 3. The van der Waals surface area contributed by atoms with Crippen LogP contribution in [0, 0.1) is 46.5 Å². The van der Waals surface area contributed by atoms with Gasteiger partial charge in [0.1, 0.15) is 22.5 Å². The Labute approximate surface area is 521 Å². The fraction of sp³-hybridized carbons (Fsp3) is 0.143. The largest absolute Gasteiger partial charge is 0.477 e. The van der Waals surface area contributed by atoms with Crippen molar-refractivity contribution in [2.24, 2.45) is 10.2 Å². The van der Waals surface area contributed by atoms with E-state index in [0.717, 1.165) is 0 Å². The van der Waals surface area contributed by atoms with Crippen molar-refractivity contribution in [2.75, 3.05) is 63.4 Å². The first-order valence-corrected chi connectivity index (χ1v) is 29.8. The Morgan fingerprint density at radius 2 is 0.868 bits per heavy atom. The molecule has 2 saturated heterocycles. The predicted octanol–water partition coefficient (Wildman–Crippen LogP) is 9.88. The molecule has 6 N–H and O–H groups in total. The number of hydrogen-bond acceptors (Lipinski definition) is 13. The van der Waals surface area contributed by atoms with Crippen LogP contribution in [0.15, 0.2) is 120 Å². The van der Waals surface area contributed by atoms with Crippen LogP contribution in [0.5, 0.6) is 0 Å². The van der Waals surface area contributed by atoms with Crippen LogP contribution in [-0.2, 0) is 49.7 Å². The molecule has 0 unspecified atom stereocenters. The highest BCUT2D eigenvalue weighted by Gasteiger charge is 2.34. The number of para-hydroxylation sites is 2. The molecule has 0 atom stereocenters. The SMILES string of the molecule is Nc1cccc2c(C(=O)C(=O)N3CCN(C(=O)c4ccccc4)CC3)c[nH]c12.S=S=S=S.[N-]=[N+]=Nc1c(F)c(F)c(C(=O)Nc2cccc3c(C(=O)C(=O)N4CCN(C(=O)c5ccccc5)CC4)c[nH]c23)c(F)c1F.[N-]=[N+]=Nc1c(F)c(F)c(C(=O)O)c(F)c1F. The monoisotopic (exact) mass is 1330 g/mol. The molecular formula is C56H40F8N14O9S4. The molecule has 2 aliphatic heterocycles. The lowest BCUT2D eigenvalue weighted by Crippen LogP contribution is -2.52. The Balaban J connectivity index is 0.000000208. The molecule has 0 aliphatic carbocycles. The number of nitrogens with two attached hydrogens (primary N) is 1. The van der Waals surface area contributed by atoms with Gasteiger partial charge < -0.3 is 45.7 Å². The number of nitrogen functional groups attached to an aromatic ring is 1. The molecule has 5 amide bonds. The molecule has 2 aromatic heterocycles. The predicted molar refractivity (Wildman–Crippen MR) is 322 cm³/mol. The molecule has 0 saturated carbocycles. The van der Waals surface area contributed by atoms with Crippen molar-refractivity contribution in [1.29, 1.82) is 0 Å². The first-order valence-electron chi connectivity index (χ1n) is 25.8. The van der Waals surface area contributed by atoms with Gasteiger partial charge in [-0.2, -0.15) is 0 Å². The summed E-state index contributed by atoms with van der Waals surface area (Å²) in [6.07, 6.45) is 2.74. The fourth-order valence-electron chi connectivity index (χ4n) is 9.16. The van der Waals surface area contributed by atoms with E-state index in [4.69, 9.17) is 21.9 Å². The van der Waals surface area contributed by atoms with Crippen molar-refractivity contribution in [2.45, 2.75) is 0 Å². The summed E-state index contributed by atoms with van der Waals surface area (Å²) < 4.78 is 109. The van der Waals surface area contributed by atoms with Gasteiger partial charge in [0.05, 0.1) is 33.5 Å². The van der Waals surface area contributed by atoms with Crippen molar-refractivity contribution >= 4 is 132 Å². The molecule has 6 aromatic carbocycles. The van der Waals surface area contributed by atoms with Gasteiger partial charge in [-0.15, -0.1) is 0 Å². The van der Waals surface area contributed by atoms with Gasteiger partial charge in [0.25, 0.3) is 41.1 Å². The number of aromatic carboxylic acids is 1. The summed E-state index contributed by atoms with van der Waals surface area (Å²) in [5.41, 5.74) is 18.2. The standard InChI is InChI=1S/C28H19F4N7O4.C21H20N4O3.C7HF4N3O2.S4/c29-19-18(20(30)22(32)24(21(19)31)36-37-33)26(41)35-17-8-4-7-15-16(13-34-23(15)17)25(40)28(43)39-11-9-38(10-12-39)27(42)14-5-2-1-3-6-14;22-17-8-4-7-15-16(13-23-18(15)17)19(26)21(28)25-11-9-24(10-12-25)20(27)14-5-2-1-3-6-14;8-2-1(7(15)16)3(9)5(11)6(4(2)10)13-14-12;1-3-4-2/h1-8,13,34H,9-12H2,(H,35,41);1-8,13,23H,9-12,22H2;(H,15,16);. The Morgan fingerprint density at radius 3 is 1.25 bits per heavy atom. The summed E-state index contributed by atoms with van der Waals surface area (Å²) in [6.45, 7) is 2.12. The Kier molecular flexibility index (Phi) is 22.7. The topological polar surface area (TPSA) is 337 Å². The summed E-state index contributed by atoms with van der Waals surface area (Å²) in [7, 11) is 2.34. The van der Waals surface area contributed by atoms with Crippen molar-refractivity contribution in [3.05, 3.63) is 210 Å². The average Bonchev–Trinajstić information content (AvgIpc) is 1.55. The molecule has 4 heterocycles. The molecular weight excluding hydrogens is 1290 g/mol. The van der Waals surface area contributed by atoms with E-state index in [1.807, 2.05) is 23.1 Å². The van der Waals surface area contributed by atoms with Crippen LogP contribution in [0.4, 0.5) is 57.9 Å². The maximum atomic E-state index is 14.5. The minimum absolute atomic E-state index is 0.0629. The highest BCUT2D eigenvalue weighted by atomic mass is 33.2. The number of azide groups is 2. The van der Waals surface area contributed by atoms with E-state index in [1.165, 1.54) is 58.2 Å². The number of halogens is 8. The maximum absolute atomic E-state index is 14.5. The number of fused-ring (bicyclic) bond motifs is 2. The van der Waals surface area contributed by atoms with Gasteiger partial charge in [-0.05, 0) is 47.5 Å². The van der Waals surface area contributed by atoms with Gasteiger partial charge in [-0.3, -0.25) is 33.6 Å². The molecule has 23 nitrogen and oxygen atoms in total. The molecule has 35 heteroatoms. The van der Waals surface area contributed by atoms with Crippen LogP contribution in [-0.4, -0.2) is 134 Å². The van der Waals surface area contributed by atoms with E-state index in [0.29, 0.717) is 59.5 Å². The van der Waals surface area contributed by atoms with Crippen LogP contribution < -0.4 is 11.1 Å². The van der Waals surface area contributed by atoms with Gasteiger partial charge in [-0.1, -0.05) is 70.9 Å². The molecule has 2 aliphatic rings. The normalized spacial score (nSPS) is 12.5. The zero-order valence-corrected chi connectivity index (χ0v) is 49.2. The van der Waals surface area contributed by atoms with E-state index in [9.17, 15) is 73.5 Å². The van der Waals surface area contributed by atoms with Gasteiger partial charge in [0.15, 0.2) is 46.5 Å². The fourth-order valence-corrected chi connectivity index (χ4v) is 9.16. The number of ketones is 2. The Bertz CT molecular complexity index is 4330. The highest BCUT2D eigenvalue weighted by Crippen LogP contribution is 2.34. The number of rotatable bonds is 11. The number of piperazine rings is 2. The number of benzene rings is 6. The lowest BCUT2D eigenvalue weighted by atomic mass is 10.1. The number of hydrogen-bond donors (Lipinski definition) is 5. The Morgan fingerprint density at radius 1 is 0.505 bits per heavy atom. The maximum Gasteiger partial charge on any atom is 0.341 e. The first-order chi connectivity index (χ1) is 43.5. The number of H-pyrrole nitrogens is 2. The quantitative estimate of drug-likeness (QED) is 0.0118. The van der Waals surface area contributed by atoms with Gasteiger partial charge >= 0.3 is 5.97 Å². The molecule has 8 aromatic rings. The number of aromatic amines is 2. The van der Waals surface area contributed by atoms with Crippen molar-refractivity contribution in [1.82, 2.24) is 29.6 Å². The summed E-state index contributed by atoms with van der Waals surface area (Å²) >= 11 is 8.66. The molecule has 468 valence electrons. The number of Topliss-reactive ketones (excluding diaryl/α,β-unsaturated/α-hetero) is 2. The third-order valence-corrected chi connectivity index (χ3v) is 15.8. The molecule has 10 rings (SSSR count). The number of nitrogens with zero attached hydrogens (tertiary/aromatic N) is 10. The zero-order chi connectivity index (χ0) is 66.4. The lowest BCUT2D eigenvalue weighted by Gasteiger charge is -2.34. The van der Waals surface area contributed by atoms with E-state index in [2.05, 4.69) is 52.8 Å². The number of amides is 5. The molecule has 2 fully saturated rings. The highest BCUT2D eigenvalue weighted by molar-refractivity contribution is 8.51. The summed E-state index contributed by atoms with van der Waals surface area (Å²) in [5, 5.41) is 16.2. The molecule has 0 bridgehead atoms. The second-order valence-electron chi connectivity index (χ2n) is 18.7. The molecule has 0 radical (unpaired) electrons. The molecule has 91 heavy (non-hydrogen) atoms. The van der Waals surface area contributed by atoms with Crippen LogP contribution in [0.2, 0.25) is 0 Å². The number of carboxylic acids is 1. The minimum atomic E-state index is -2.18. The van der Waals surface area contributed by atoms with Gasteiger partial charge in [0.2, 0.25) is 0 Å². The van der Waals surface area contributed by atoms with Crippen LogP contribution in [0.3, 0.4) is 0 Å². The minimum Gasteiger partial charge on any atom is -0.477 e. The lowest BCUT2D eigenvalue weighted by molar-refractivity contribution is -0.128. The number of carbonyl (C=O) groups excluding carboxylic acids is 7. The third kappa shape index (κ3) is 14.9.